The molecule has 1 aromatic heterocycles. The number of ether oxygens (including phenoxy) is 1. The molecule has 1 saturated heterocycles. The Morgan fingerprint density at radius 1 is 1.42 bits per heavy atom. The van der Waals surface area contributed by atoms with Gasteiger partial charge in [-0.2, -0.15) is 0 Å². The van der Waals surface area contributed by atoms with Gasteiger partial charge in [-0.3, -0.25) is 4.90 Å². The molecule has 6 nitrogen and oxygen atoms in total. The third kappa shape index (κ3) is 3.83. The average molecular weight is 330 g/mol. The van der Waals surface area contributed by atoms with Crippen molar-refractivity contribution in [3.05, 3.63) is 52.9 Å². The number of aryl methyl sites for hydroxylation is 1. The lowest BCUT2D eigenvalue weighted by atomic mass is 10.0. The molecular formula is C18H22N2O4. The van der Waals surface area contributed by atoms with Crippen LogP contribution in [-0.4, -0.2) is 47.4 Å². The van der Waals surface area contributed by atoms with Gasteiger partial charge in [0.15, 0.2) is 0 Å². The summed E-state index contributed by atoms with van der Waals surface area (Å²) in [5.74, 6) is 0.325. The zero-order valence-electron chi connectivity index (χ0n) is 13.9. The molecule has 24 heavy (non-hydrogen) atoms. The SMILES string of the molecule is CO[C@H]1CN(Cc2cccc(C(=O)O)c2)C[C@H]1Cc1cc(C)no1. The molecular weight excluding hydrogens is 308 g/mol. The predicted molar refractivity (Wildman–Crippen MR) is 87.9 cm³/mol. The van der Waals surface area contributed by atoms with Crippen LogP contribution >= 0.6 is 0 Å². The average Bonchev–Trinajstić information content (AvgIpc) is 3.14. The molecule has 128 valence electrons. The fourth-order valence-corrected chi connectivity index (χ4v) is 3.35. The molecule has 6 heteroatoms. The van der Waals surface area contributed by atoms with Gasteiger partial charge in [-0.05, 0) is 24.6 Å². The third-order valence-electron chi connectivity index (χ3n) is 4.48. The topological polar surface area (TPSA) is 75.8 Å². The normalized spacial score (nSPS) is 21.2. The second kappa shape index (κ2) is 7.15. The van der Waals surface area contributed by atoms with Gasteiger partial charge in [0.05, 0.1) is 17.4 Å². The highest BCUT2D eigenvalue weighted by Gasteiger charge is 2.33. The van der Waals surface area contributed by atoms with Crippen LogP contribution in [0.4, 0.5) is 0 Å². The fraction of sp³-hybridized carbons (Fsp3) is 0.444. The molecule has 0 unspecified atom stereocenters. The fourth-order valence-electron chi connectivity index (χ4n) is 3.35. The number of carboxylic acids is 1. The Morgan fingerprint density at radius 2 is 2.25 bits per heavy atom. The summed E-state index contributed by atoms with van der Waals surface area (Å²) in [5, 5.41) is 13.0. The third-order valence-corrected chi connectivity index (χ3v) is 4.48. The van der Waals surface area contributed by atoms with Crippen LogP contribution in [-0.2, 0) is 17.7 Å². The number of hydrogen-bond donors (Lipinski definition) is 1. The molecule has 2 atom stereocenters. The van der Waals surface area contributed by atoms with E-state index in [1.54, 1.807) is 25.3 Å². The molecule has 0 spiro atoms. The number of carboxylic acid groups (broad SMARTS) is 1. The van der Waals surface area contributed by atoms with E-state index in [1.807, 2.05) is 19.1 Å². The first-order chi connectivity index (χ1) is 11.5. The van der Waals surface area contributed by atoms with Gasteiger partial charge in [-0.25, -0.2) is 4.79 Å². The molecule has 1 aromatic carbocycles. The van der Waals surface area contributed by atoms with Crippen molar-refractivity contribution >= 4 is 5.97 Å². The van der Waals surface area contributed by atoms with Crippen LogP contribution < -0.4 is 0 Å². The molecule has 2 aromatic rings. The maximum atomic E-state index is 11.1. The van der Waals surface area contributed by atoms with Crippen molar-refractivity contribution in [1.82, 2.24) is 10.1 Å². The molecule has 0 bridgehead atoms. The van der Waals surface area contributed by atoms with Crippen LogP contribution in [0.1, 0.15) is 27.4 Å². The molecule has 1 aliphatic heterocycles. The Hall–Kier alpha value is -2.18. The number of aromatic nitrogens is 1. The van der Waals surface area contributed by atoms with Gasteiger partial charge in [-0.15, -0.1) is 0 Å². The molecule has 0 amide bonds. The van der Waals surface area contributed by atoms with Gasteiger partial charge < -0.3 is 14.4 Å². The smallest absolute Gasteiger partial charge is 0.335 e. The van der Waals surface area contributed by atoms with Crippen LogP contribution in [0.2, 0.25) is 0 Å². The highest BCUT2D eigenvalue weighted by Crippen LogP contribution is 2.25. The lowest BCUT2D eigenvalue weighted by molar-refractivity contribution is 0.0696. The van der Waals surface area contributed by atoms with Gasteiger partial charge in [-0.1, -0.05) is 17.3 Å². The molecule has 2 heterocycles. The first-order valence-electron chi connectivity index (χ1n) is 8.04. The molecule has 1 aliphatic rings. The van der Waals surface area contributed by atoms with E-state index in [4.69, 9.17) is 14.4 Å². The zero-order chi connectivity index (χ0) is 17.1. The first kappa shape index (κ1) is 16.7. The first-order valence-corrected chi connectivity index (χ1v) is 8.04. The minimum Gasteiger partial charge on any atom is -0.478 e. The number of methoxy groups -OCH3 is 1. The van der Waals surface area contributed by atoms with E-state index in [-0.39, 0.29) is 6.10 Å². The summed E-state index contributed by atoms with van der Waals surface area (Å²) in [6, 6.07) is 9.06. The van der Waals surface area contributed by atoms with Crippen molar-refractivity contribution in [3.63, 3.8) is 0 Å². The summed E-state index contributed by atoms with van der Waals surface area (Å²) < 4.78 is 11.0. The maximum absolute atomic E-state index is 11.1. The summed E-state index contributed by atoms with van der Waals surface area (Å²) >= 11 is 0. The summed E-state index contributed by atoms with van der Waals surface area (Å²) in [6.45, 7) is 4.34. The number of nitrogens with zero attached hydrogens (tertiary/aromatic N) is 2. The molecule has 0 radical (unpaired) electrons. The minimum atomic E-state index is -0.897. The molecule has 1 fully saturated rings. The van der Waals surface area contributed by atoms with Crippen molar-refractivity contribution in [3.8, 4) is 0 Å². The Morgan fingerprint density at radius 3 is 2.92 bits per heavy atom. The Bertz CT molecular complexity index is 713. The van der Waals surface area contributed by atoms with Crippen molar-refractivity contribution in [1.29, 1.82) is 0 Å². The van der Waals surface area contributed by atoms with E-state index in [9.17, 15) is 4.79 Å². The van der Waals surface area contributed by atoms with E-state index < -0.39 is 5.97 Å². The monoisotopic (exact) mass is 330 g/mol. The molecule has 1 N–H and O–H groups in total. The Kier molecular flexibility index (Phi) is 4.97. The highest BCUT2D eigenvalue weighted by atomic mass is 16.5. The van der Waals surface area contributed by atoms with E-state index in [0.717, 1.165) is 36.5 Å². The summed E-state index contributed by atoms with van der Waals surface area (Å²) in [6.07, 6.45) is 0.934. The van der Waals surface area contributed by atoms with E-state index in [0.29, 0.717) is 18.0 Å². The lowest BCUT2D eigenvalue weighted by Gasteiger charge is -2.15. The summed E-state index contributed by atoms with van der Waals surface area (Å²) in [7, 11) is 1.73. The standard InChI is InChI=1S/C18H22N2O4/c1-12-6-16(24-19-12)8-15-10-20(11-17(15)23-2)9-13-4-3-5-14(7-13)18(21)22/h3-7,15,17H,8-11H2,1-2H3,(H,21,22)/t15-,17+/m1/s1. The van der Waals surface area contributed by atoms with Crippen molar-refractivity contribution in [2.24, 2.45) is 5.92 Å². The largest absolute Gasteiger partial charge is 0.478 e. The van der Waals surface area contributed by atoms with Crippen LogP contribution in [0.3, 0.4) is 0 Å². The number of likely N-dealkylation sites (tertiary alicyclic amines) is 1. The van der Waals surface area contributed by atoms with E-state index in [1.165, 1.54) is 0 Å². The van der Waals surface area contributed by atoms with E-state index >= 15 is 0 Å². The zero-order valence-corrected chi connectivity index (χ0v) is 13.9. The van der Waals surface area contributed by atoms with Crippen molar-refractivity contribution in [2.45, 2.75) is 26.0 Å². The van der Waals surface area contributed by atoms with Crippen LogP contribution in [0.5, 0.6) is 0 Å². The second-order valence-corrected chi connectivity index (χ2v) is 6.37. The lowest BCUT2D eigenvalue weighted by Crippen LogP contribution is -2.23. The Labute approximate surface area is 141 Å². The van der Waals surface area contributed by atoms with Gasteiger partial charge in [0, 0.05) is 45.1 Å². The van der Waals surface area contributed by atoms with Gasteiger partial charge in [0.1, 0.15) is 5.76 Å². The van der Waals surface area contributed by atoms with Gasteiger partial charge in [0.2, 0.25) is 0 Å². The number of benzene rings is 1. The predicted octanol–water partition coefficient (Wildman–Crippen LogP) is 2.37. The number of hydrogen-bond acceptors (Lipinski definition) is 5. The van der Waals surface area contributed by atoms with Gasteiger partial charge in [0.25, 0.3) is 0 Å². The maximum Gasteiger partial charge on any atom is 0.335 e. The number of rotatable bonds is 6. The molecule has 3 rings (SSSR count). The van der Waals surface area contributed by atoms with Gasteiger partial charge >= 0.3 is 5.97 Å². The Balaban J connectivity index is 1.65. The quantitative estimate of drug-likeness (QED) is 0.876. The van der Waals surface area contributed by atoms with E-state index in [2.05, 4.69) is 10.1 Å². The number of carbonyl (C=O) groups is 1. The highest BCUT2D eigenvalue weighted by molar-refractivity contribution is 5.87. The number of aromatic carboxylic acids is 1. The summed E-state index contributed by atoms with van der Waals surface area (Å²) in [4.78, 5) is 13.4. The van der Waals surface area contributed by atoms with Crippen LogP contribution in [0.15, 0.2) is 34.9 Å². The van der Waals surface area contributed by atoms with Crippen LogP contribution in [0, 0.1) is 12.8 Å². The molecule has 0 saturated carbocycles. The van der Waals surface area contributed by atoms with Crippen molar-refractivity contribution < 1.29 is 19.2 Å². The van der Waals surface area contributed by atoms with Crippen molar-refractivity contribution in [2.75, 3.05) is 20.2 Å². The van der Waals surface area contributed by atoms with Crippen LogP contribution in [0.25, 0.3) is 0 Å². The summed E-state index contributed by atoms with van der Waals surface area (Å²) in [5.41, 5.74) is 2.21. The molecule has 0 aliphatic carbocycles. The second-order valence-electron chi connectivity index (χ2n) is 6.37. The minimum absolute atomic E-state index is 0.137.